The fraction of sp³-hybridized carbons (Fsp3) is 0.188. The van der Waals surface area contributed by atoms with E-state index < -0.39 is 15.9 Å². The number of methoxy groups -OCH3 is 2. The highest BCUT2D eigenvalue weighted by molar-refractivity contribution is 7.89. The molecular formula is C16H18N2O5S. The third-order valence-electron chi connectivity index (χ3n) is 3.40. The van der Waals surface area contributed by atoms with Crippen LogP contribution in [-0.2, 0) is 10.0 Å². The van der Waals surface area contributed by atoms with E-state index in [1.165, 1.54) is 26.4 Å². The van der Waals surface area contributed by atoms with Crippen LogP contribution in [0.1, 0.15) is 15.9 Å². The summed E-state index contributed by atoms with van der Waals surface area (Å²) in [6.07, 6.45) is 0. The molecule has 0 atom stereocenters. The van der Waals surface area contributed by atoms with E-state index in [1.54, 1.807) is 31.2 Å². The number of carbonyl (C=O) groups excluding carboxylic acids is 1. The Kier molecular flexibility index (Phi) is 5.10. The van der Waals surface area contributed by atoms with Crippen molar-refractivity contribution < 1.29 is 22.7 Å². The van der Waals surface area contributed by atoms with Crippen LogP contribution in [-0.4, -0.2) is 28.5 Å². The summed E-state index contributed by atoms with van der Waals surface area (Å²) in [5.74, 6) is 0.500. The second-order valence-electron chi connectivity index (χ2n) is 5.05. The zero-order valence-corrected chi connectivity index (χ0v) is 14.3. The van der Waals surface area contributed by atoms with E-state index in [-0.39, 0.29) is 4.90 Å². The standard InChI is InChI=1S/C16H18N2O5S/c1-10-4-6-12(9-15(10)24(17,20)21)18-16(19)11-5-7-13(22-2)14(8-11)23-3/h4-9H,1-3H3,(H,18,19)(H2,17,20,21). The Bertz CT molecular complexity index is 878. The van der Waals surface area contributed by atoms with Gasteiger partial charge < -0.3 is 14.8 Å². The number of hydrogen-bond donors (Lipinski definition) is 2. The first-order valence-corrected chi connectivity index (χ1v) is 8.47. The second-order valence-corrected chi connectivity index (χ2v) is 6.58. The van der Waals surface area contributed by atoms with Gasteiger partial charge in [-0.15, -0.1) is 0 Å². The summed E-state index contributed by atoms with van der Waals surface area (Å²) < 4.78 is 33.4. The van der Waals surface area contributed by atoms with Crippen LogP contribution >= 0.6 is 0 Å². The van der Waals surface area contributed by atoms with Gasteiger partial charge in [0.15, 0.2) is 11.5 Å². The molecule has 3 N–H and O–H groups in total. The quantitative estimate of drug-likeness (QED) is 0.856. The van der Waals surface area contributed by atoms with Crippen LogP contribution in [0.5, 0.6) is 11.5 Å². The van der Waals surface area contributed by atoms with Crippen molar-refractivity contribution in [3.8, 4) is 11.5 Å². The number of benzene rings is 2. The summed E-state index contributed by atoms with van der Waals surface area (Å²) in [4.78, 5) is 12.3. The minimum Gasteiger partial charge on any atom is -0.493 e. The average Bonchev–Trinajstić information content (AvgIpc) is 2.54. The predicted molar refractivity (Wildman–Crippen MR) is 90.1 cm³/mol. The number of amides is 1. The van der Waals surface area contributed by atoms with Gasteiger partial charge in [-0.3, -0.25) is 4.79 Å². The molecule has 0 aliphatic carbocycles. The maximum Gasteiger partial charge on any atom is 0.255 e. The van der Waals surface area contributed by atoms with Crippen LogP contribution in [0.4, 0.5) is 5.69 Å². The number of primary sulfonamides is 1. The minimum atomic E-state index is -3.86. The molecule has 0 aliphatic rings. The molecule has 0 aromatic heterocycles. The van der Waals surface area contributed by atoms with Gasteiger partial charge in [0.2, 0.25) is 10.0 Å². The molecule has 24 heavy (non-hydrogen) atoms. The van der Waals surface area contributed by atoms with Crippen LogP contribution in [0.3, 0.4) is 0 Å². The van der Waals surface area contributed by atoms with Crippen molar-refractivity contribution in [2.45, 2.75) is 11.8 Å². The smallest absolute Gasteiger partial charge is 0.255 e. The van der Waals surface area contributed by atoms with Crippen molar-refractivity contribution in [2.24, 2.45) is 5.14 Å². The van der Waals surface area contributed by atoms with E-state index in [2.05, 4.69) is 5.32 Å². The van der Waals surface area contributed by atoms with Crippen molar-refractivity contribution in [2.75, 3.05) is 19.5 Å². The second kappa shape index (κ2) is 6.90. The van der Waals surface area contributed by atoms with Crippen LogP contribution in [0.15, 0.2) is 41.3 Å². The molecule has 0 spiro atoms. The molecule has 1 amide bonds. The van der Waals surface area contributed by atoms with Gasteiger partial charge in [-0.2, -0.15) is 0 Å². The van der Waals surface area contributed by atoms with Gasteiger partial charge >= 0.3 is 0 Å². The van der Waals surface area contributed by atoms with Gasteiger partial charge in [-0.05, 0) is 42.8 Å². The maximum atomic E-state index is 12.3. The van der Waals surface area contributed by atoms with E-state index in [9.17, 15) is 13.2 Å². The van der Waals surface area contributed by atoms with Crippen LogP contribution in [0.2, 0.25) is 0 Å². The van der Waals surface area contributed by atoms with Gasteiger partial charge in [0.05, 0.1) is 19.1 Å². The SMILES string of the molecule is COc1ccc(C(=O)Nc2ccc(C)c(S(N)(=O)=O)c2)cc1OC. The number of sulfonamides is 1. The average molecular weight is 350 g/mol. The lowest BCUT2D eigenvalue weighted by molar-refractivity contribution is 0.102. The van der Waals surface area contributed by atoms with Crippen LogP contribution in [0.25, 0.3) is 0 Å². The third-order valence-corrected chi connectivity index (χ3v) is 4.45. The first kappa shape index (κ1) is 17.8. The number of anilines is 1. The summed E-state index contributed by atoms with van der Waals surface area (Å²) in [5.41, 5.74) is 1.16. The molecule has 0 radical (unpaired) electrons. The highest BCUT2D eigenvalue weighted by Crippen LogP contribution is 2.28. The lowest BCUT2D eigenvalue weighted by Gasteiger charge is -2.11. The number of aryl methyl sites for hydroxylation is 1. The summed E-state index contributed by atoms with van der Waals surface area (Å²) in [7, 11) is -0.895. The molecule has 0 aliphatic heterocycles. The molecule has 0 unspecified atom stereocenters. The lowest BCUT2D eigenvalue weighted by atomic mass is 10.1. The minimum absolute atomic E-state index is 0.0346. The fourth-order valence-electron chi connectivity index (χ4n) is 2.17. The van der Waals surface area contributed by atoms with Crippen molar-refractivity contribution >= 4 is 21.6 Å². The zero-order chi connectivity index (χ0) is 17.9. The number of nitrogens with one attached hydrogen (secondary N) is 1. The molecule has 2 aromatic carbocycles. The molecule has 0 bridgehead atoms. The summed E-state index contributed by atoms with van der Waals surface area (Å²) in [6, 6.07) is 9.21. The molecule has 2 rings (SSSR count). The van der Waals surface area contributed by atoms with E-state index in [0.717, 1.165) is 0 Å². The normalized spacial score (nSPS) is 11.0. The Labute approximate surface area is 140 Å². The van der Waals surface area contributed by atoms with Gasteiger partial charge in [-0.25, -0.2) is 13.6 Å². The predicted octanol–water partition coefficient (Wildman–Crippen LogP) is 1.91. The van der Waals surface area contributed by atoms with E-state index in [4.69, 9.17) is 14.6 Å². The number of hydrogen-bond acceptors (Lipinski definition) is 5. The molecule has 0 saturated heterocycles. The summed E-state index contributed by atoms with van der Waals surface area (Å²) in [6.45, 7) is 1.62. The van der Waals surface area contributed by atoms with Gasteiger partial charge in [0, 0.05) is 11.3 Å². The molecule has 7 nitrogen and oxygen atoms in total. The Hall–Kier alpha value is -2.58. The number of rotatable bonds is 5. The molecular weight excluding hydrogens is 332 g/mol. The Balaban J connectivity index is 2.30. The third kappa shape index (κ3) is 3.84. The van der Waals surface area contributed by atoms with Crippen LogP contribution < -0.4 is 19.9 Å². The van der Waals surface area contributed by atoms with Gasteiger partial charge in [0.1, 0.15) is 0 Å². The topological polar surface area (TPSA) is 108 Å². The zero-order valence-electron chi connectivity index (χ0n) is 13.5. The monoisotopic (exact) mass is 350 g/mol. The number of nitrogens with two attached hydrogens (primary N) is 1. The lowest BCUT2D eigenvalue weighted by Crippen LogP contribution is -2.16. The van der Waals surface area contributed by atoms with E-state index >= 15 is 0 Å². The first-order valence-electron chi connectivity index (χ1n) is 6.93. The largest absolute Gasteiger partial charge is 0.493 e. The molecule has 2 aromatic rings. The van der Waals surface area contributed by atoms with E-state index in [1.807, 2.05) is 0 Å². The van der Waals surface area contributed by atoms with E-state index in [0.29, 0.717) is 28.3 Å². The van der Waals surface area contributed by atoms with Gasteiger partial charge in [-0.1, -0.05) is 6.07 Å². The van der Waals surface area contributed by atoms with Crippen molar-refractivity contribution in [3.63, 3.8) is 0 Å². The molecule has 8 heteroatoms. The molecule has 0 heterocycles. The Morgan fingerprint density at radius 2 is 1.71 bits per heavy atom. The van der Waals surface area contributed by atoms with Crippen molar-refractivity contribution in [3.05, 3.63) is 47.5 Å². The first-order chi connectivity index (χ1) is 11.3. The fourth-order valence-corrected chi connectivity index (χ4v) is 2.97. The Morgan fingerprint density at radius 3 is 2.29 bits per heavy atom. The van der Waals surface area contributed by atoms with Crippen molar-refractivity contribution in [1.29, 1.82) is 0 Å². The highest BCUT2D eigenvalue weighted by Gasteiger charge is 2.15. The molecule has 128 valence electrons. The summed E-state index contributed by atoms with van der Waals surface area (Å²) in [5, 5.41) is 7.80. The van der Waals surface area contributed by atoms with Crippen LogP contribution in [0, 0.1) is 6.92 Å². The summed E-state index contributed by atoms with van der Waals surface area (Å²) >= 11 is 0. The van der Waals surface area contributed by atoms with Gasteiger partial charge in [0.25, 0.3) is 5.91 Å². The molecule has 0 saturated carbocycles. The molecule has 0 fully saturated rings. The number of carbonyl (C=O) groups is 1. The maximum absolute atomic E-state index is 12.3. The Morgan fingerprint density at radius 1 is 1.04 bits per heavy atom. The number of ether oxygens (including phenoxy) is 2. The van der Waals surface area contributed by atoms with Crippen molar-refractivity contribution in [1.82, 2.24) is 0 Å². The highest BCUT2D eigenvalue weighted by atomic mass is 32.2.